The Morgan fingerprint density at radius 2 is 1.92 bits per heavy atom. The number of carbonyl (C=O) groups excluding carboxylic acids is 1. The standard InChI is InChI=1S/C19H25N3O2/c1-13-16-11-12-21(18(23)24-19(3,4)5)14(2)17(16)20-22(13)15-9-7-6-8-10-15/h6-10,14H,11-12H2,1-5H3. The normalized spacial score (nSPS) is 17.5. The molecule has 0 spiro atoms. The first-order valence-corrected chi connectivity index (χ1v) is 8.41. The van der Waals surface area contributed by atoms with Crippen LogP contribution in [0.4, 0.5) is 4.79 Å². The van der Waals surface area contributed by atoms with Crippen molar-refractivity contribution in [1.82, 2.24) is 14.7 Å². The molecule has 0 saturated carbocycles. The van der Waals surface area contributed by atoms with Crippen LogP contribution in [0.5, 0.6) is 0 Å². The summed E-state index contributed by atoms with van der Waals surface area (Å²) in [6, 6.07) is 10.0. The van der Waals surface area contributed by atoms with Gasteiger partial charge in [0.05, 0.1) is 17.4 Å². The van der Waals surface area contributed by atoms with Crippen LogP contribution >= 0.6 is 0 Å². The van der Waals surface area contributed by atoms with Crippen molar-refractivity contribution in [1.29, 1.82) is 0 Å². The molecule has 0 saturated heterocycles. The summed E-state index contributed by atoms with van der Waals surface area (Å²) in [6.07, 6.45) is 0.532. The summed E-state index contributed by atoms with van der Waals surface area (Å²) in [4.78, 5) is 14.2. The van der Waals surface area contributed by atoms with E-state index in [1.54, 1.807) is 4.90 Å². The van der Waals surface area contributed by atoms with Crippen molar-refractivity contribution in [3.05, 3.63) is 47.3 Å². The van der Waals surface area contributed by atoms with Crippen molar-refractivity contribution in [2.75, 3.05) is 6.54 Å². The predicted molar refractivity (Wildman–Crippen MR) is 93.4 cm³/mol. The highest BCUT2D eigenvalue weighted by molar-refractivity contribution is 5.69. The first-order valence-electron chi connectivity index (χ1n) is 8.41. The van der Waals surface area contributed by atoms with Crippen LogP contribution in [0.15, 0.2) is 30.3 Å². The number of hydrogen-bond donors (Lipinski definition) is 0. The van der Waals surface area contributed by atoms with Gasteiger partial charge in [-0.2, -0.15) is 5.10 Å². The fourth-order valence-corrected chi connectivity index (χ4v) is 3.17. The summed E-state index contributed by atoms with van der Waals surface area (Å²) < 4.78 is 7.51. The van der Waals surface area contributed by atoms with Crippen molar-refractivity contribution in [2.45, 2.75) is 52.7 Å². The van der Waals surface area contributed by atoms with E-state index in [0.717, 1.165) is 23.5 Å². The monoisotopic (exact) mass is 327 g/mol. The van der Waals surface area contributed by atoms with Gasteiger partial charge in [-0.05, 0) is 53.2 Å². The van der Waals surface area contributed by atoms with Crippen molar-refractivity contribution in [3.63, 3.8) is 0 Å². The van der Waals surface area contributed by atoms with E-state index >= 15 is 0 Å². The van der Waals surface area contributed by atoms with E-state index in [1.165, 1.54) is 5.56 Å². The van der Waals surface area contributed by atoms with Crippen LogP contribution in [-0.2, 0) is 11.2 Å². The van der Waals surface area contributed by atoms with Gasteiger partial charge in [-0.3, -0.25) is 4.90 Å². The van der Waals surface area contributed by atoms with Gasteiger partial charge < -0.3 is 4.74 Å². The second-order valence-corrected chi connectivity index (χ2v) is 7.30. The maximum absolute atomic E-state index is 12.5. The third-order valence-corrected chi connectivity index (χ3v) is 4.37. The zero-order valence-corrected chi connectivity index (χ0v) is 15.0. The lowest BCUT2D eigenvalue weighted by atomic mass is 9.99. The third-order valence-electron chi connectivity index (χ3n) is 4.37. The molecule has 2 aromatic rings. The van der Waals surface area contributed by atoms with Gasteiger partial charge in [0.25, 0.3) is 0 Å². The van der Waals surface area contributed by atoms with Gasteiger partial charge >= 0.3 is 6.09 Å². The van der Waals surface area contributed by atoms with E-state index in [9.17, 15) is 4.79 Å². The highest BCUT2D eigenvalue weighted by Crippen LogP contribution is 2.32. The lowest BCUT2D eigenvalue weighted by Gasteiger charge is -2.34. The van der Waals surface area contributed by atoms with E-state index < -0.39 is 5.60 Å². The first kappa shape index (κ1) is 16.6. The lowest BCUT2D eigenvalue weighted by molar-refractivity contribution is 0.0155. The van der Waals surface area contributed by atoms with E-state index in [-0.39, 0.29) is 12.1 Å². The summed E-state index contributed by atoms with van der Waals surface area (Å²) in [6.45, 7) is 10.4. The second-order valence-electron chi connectivity index (χ2n) is 7.30. The van der Waals surface area contributed by atoms with E-state index in [1.807, 2.05) is 62.7 Å². The minimum absolute atomic E-state index is 0.0905. The molecule has 0 fully saturated rings. The summed E-state index contributed by atoms with van der Waals surface area (Å²) in [5, 5.41) is 4.80. The minimum atomic E-state index is -0.490. The van der Waals surface area contributed by atoms with Crippen LogP contribution in [0.3, 0.4) is 0 Å². The number of carbonyl (C=O) groups is 1. The fraction of sp³-hybridized carbons (Fsp3) is 0.474. The Hall–Kier alpha value is -2.30. The number of hydrogen-bond acceptors (Lipinski definition) is 3. The molecule has 1 aromatic heterocycles. The third kappa shape index (κ3) is 3.03. The first-order chi connectivity index (χ1) is 11.3. The fourth-order valence-electron chi connectivity index (χ4n) is 3.17. The molecule has 1 amide bonds. The Morgan fingerprint density at radius 3 is 2.54 bits per heavy atom. The average molecular weight is 327 g/mol. The highest BCUT2D eigenvalue weighted by atomic mass is 16.6. The highest BCUT2D eigenvalue weighted by Gasteiger charge is 2.34. The van der Waals surface area contributed by atoms with Crippen LogP contribution < -0.4 is 0 Å². The van der Waals surface area contributed by atoms with Crippen LogP contribution in [-0.4, -0.2) is 32.9 Å². The molecule has 0 bridgehead atoms. The maximum Gasteiger partial charge on any atom is 0.410 e. The van der Waals surface area contributed by atoms with Gasteiger partial charge in [0.1, 0.15) is 5.60 Å². The molecule has 0 N–H and O–H groups in total. The van der Waals surface area contributed by atoms with Gasteiger partial charge in [0, 0.05) is 17.8 Å². The number of fused-ring (bicyclic) bond motifs is 1. The SMILES string of the molecule is Cc1c2c(nn1-c1ccccc1)C(C)N(C(=O)OC(C)(C)C)CC2. The van der Waals surface area contributed by atoms with E-state index in [4.69, 9.17) is 9.84 Å². The topological polar surface area (TPSA) is 47.4 Å². The molecule has 2 heterocycles. The second kappa shape index (κ2) is 5.96. The molecular formula is C19H25N3O2. The van der Waals surface area contributed by atoms with Crippen LogP contribution in [0.1, 0.15) is 50.7 Å². The maximum atomic E-state index is 12.5. The van der Waals surface area contributed by atoms with E-state index in [2.05, 4.69) is 6.92 Å². The summed E-state index contributed by atoms with van der Waals surface area (Å²) in [5.41, 5.74) is 3.91. The lowest BCUT2D eigenvalue weighted by Crippen LogP contribution is -2.42. The zero-order chi connectivity index (χ0) is 17.5. The summed E-state index contributed by atoms with van der Waals surface area (Å²) >= 11 is 0. The average Bonchev–Trinajstić information content (AvgIpc) is 2.85. The number of para-hydroxylation sites is 1. The van der Waals surface area contributed by atoms with Gasteiger partial charge in [-0.25, -0.2) is 9.48 Å². The van der Waals surface area contributed by atoms with Crippen LogP contribution in [0.25, 0.3) is 5.69 Å². The van der Waals surface area contributed by atoms with Crippen LogP contribution in [0, 0.1) is 6.92 Å². The largest absolute Gasteiger partial charge is 0.444 e. The Kier molecular flexibility index (Phi) is 4.11. The molecule has 0 radical (unpaired) electrons. The molecule has 0 aliphatic carbocycles. The molecule has 1 aliphatic heterocycles. The Bertz CT molecular complexity index is 744. The van der Waals surface area contributed by atoms with Gasteiger partial charge in [0.15, 0.2) is 0 Å². The number of aromatic nitrogens is 2. The Labute approximate surface area is 143 Å². The van der Waals surface area contributed by atoms with E-state index in [0.29, 0.717) is 6.54 Å². The number of rotatable bonds is 1. The molecule has 5 heteroatoms. The number of amides is 1. The Balaban J connectivity index is 1.91. The van der Waals surface area contributed by atoms with Crippen molar-refractivity contribution >= 4 is 6.09 Å². The predicted octanol–water partition coefficient (Wildman–Crippen LogP) is 4.03. The molecule has 1 atom stereocenters. The zero-order valence-electron chi connectivity index (χ0n) is 15.0. The molecule has 1 unspecified atom stereocenters. The molecule has 24 heavy (non-hydrogen) atoms. The van der Waals surface area contributed by atoms with Crippen LogP contribution in [0.2, 0.25) is 0 Å². The smallest absolute Gasteiger partial charge is 0.410 e. The summed E-state index contributed by atoms with van der Waals surface area (Å²) in [5.74, 6) is 0. The molecule has 128 valence electrons. The quantitative estimate of drug-likeness (QED) is 0.794. The van der Waals surface area contributed by atoms with Crippen molar-refractivity contribution < 1.29 is 9.53 Å². The number of nitrogens with zero attached hydrogens (tertiary/aromatic N) is 3. The minimum Gasteiger partial charge on any atom is -0.444 e. The Morgan fingerprint density at radius 1 is 1.25 bits per heavy atom. The molecule has 3 rings (SSSR count). The number of benzene rings is 1. The van der Waals surface area contributed by atoms with Crippen molar-refractivity contribution in [3.8, 4) is 5.69 Å². The summed E-state index contributed by atoms with van der Waals surface area (Å²) in [7, 11) is 0. The number of ether oxygens (including phenoxy) is 1. The van der Waals surface area contributed by atoms with Gasteiger partial charge in [-0.15, -0.1) is 0 Å². The molecular weight excluding hydrogens is 302 g/mol. The molecule has 1 aliphatic rings. The van der Waals surface area contributed by atoms with Crippen molar-refractivity contribution in [2.24, 2.45) is 0 Å². The van der Waals surface area contributed by atoms with Gasteiger partial charge in [0.2, 0.25) is 0 Å². The molecule has 1 aromatic carbocycles. The van der Waals surface area contributed by atoms with Gasteiger partial charge in [-0.1, -0.05) is 18.2 Å². The molecule has 5 nitrogen and oxygen atoms in total.